The van der Waals surface area contributed by atoms with Crippen molar-refractivity contribution in [1.82, 2.24) is 30.2 Å². The lowest BCUT2D eigenvalue weighted by Crippen LogP contribution is -2.05. The lowest BCUT2D eigenvalue weighted by Gasteiger charge is -2.10. The fourth-order valence-corrected chi connectivity index (χ4v) is 4.05. The molecule has 1 aliphatic carbocycles. The zero-order valence-electron chi connectivity index (χ0n) is 10.8. The summed E-state index contributed by atoms with van der Waals surface area (Å²) in [6.45, 7) is 2.12. The molecule has 0 N–H and O–H groups in total. The summed E-state index contributed by atoms with van der Waals surface area (Å²) in [4.78, 5) is 8.67. The van der Waals surface area contributed by atoms with Crippen molar-refractivity contribution in [2.45, 2.75) is 36.1 Å². The highest BCUT2D eigenvalue weighted by Gasteiger charge is 2.30. The van der Waals surface area contributed by atoms with Crippen molar-refractivity contribution < 1.29 is 0 Å². The van der Waals surface area contributed by atoms with Gasteiger partial charge < -0.3 is 0 Å². The summed E-state index contributed by atoms with van der Waals surface area (Å²) in [5.74, 6) is 0.931. The topological polar surface area (TPSA) is 69.4 Å². The first kappa shape index (κ1) is 12.2. The molecule has 6 nitrogen and oxygen atoms in total. The van der Waals surface area contributed by atoms with Crippen molar-refractivity contribution >= 4 is 33.3 Å². The second-order valence-electron chi connectivity index (χ2n) is 4.79. The van der Waals surface area contributed by atoms with Crippen LogP contribution in [-0.2, 0) is 0 Å². The lowest BCUT2D eigenvalue weighted by atomic mass is 10.4. The Labute approximate surface area is 123 Å². The molecule has 8 heteroatoms. The predicted octanol–water partition coefficient (Wildman–Crippen LogP) is 2.87. The molecule has 0 saturated heterocycles. The van der Waals surface area contributed by atoms with Crippen LogP contribution >= 0.6 is 23.1 Å². The minimum Gasteiger partial charge on any atom is -0.235 e. The van der Waals surface area contributed by atoms with Gasteiger partial charge in [0.15, 0.2) is 5.82 Å². The Balaban J connectivity index is 1.64. The fourth-order valence-electron chi connectivity index (χ4n) is 2.12. The quantitative estimate of drug-likeness (QED) is 0.545. The van der Waals surface area contributed by atoms with Crippen LogP contribution in [0.1, 0.15) is 36.9 Å². The first-order valence-electron chi connectivity index (χ1n) is 6.45. The van der Waals surface area contributed by atoms with Gasteiger partial charge in [-0.2, -0.15) is 0 Å². The second-order valence-corrected chi connectivity index (χ2v) is 7.03. The summed E-state index contributed by atoms with van der Waals surface area (Å²) in [5, 5.41) is 15.3. The van der Waals surface area contributed by atoms with Crippen molar-refractivity contribution in [2.75, 3.05) is 0 Å². The van der Waals surface area contributed by atoms with Gasteiger partial charge >= 0.3 is 0 Å². The van der Waals surface area contributed by atoms with Crippen LogP contribution < -0.4 is 0 Å². The monoisotopic (exact) mass is 304 g/mol. The number of aromatic nitrogens is 6. The number of fused-ring (bicyclic) bond motifs is 1. The number of thioether (sulfide) groups is 1. The summed E-state index contributed by atoms with van der Waals surface area (Å²) >= 11 is 3.36. The van der Waals surface area contributed by atoms with E-state index in [1.54, 1.807) is 29.4 Å². The largest absolute Gasteiger partial charge is 0.235 e. The van der Waals surface area contributed by atoms with Gasteiger partial charge in [0.2, 0.25) is 0 Å². The molecule has 0 radical (unpaired) electrons. The maximum Gasteiger partial charge on any atom is 0.164 e. The molecule has 3 aromatic rings. The molecule has 0 aromatic carbocycles. The van der Waals surface area contributed by atoms with Gasteiger partial charge in [0.25, 0.3) is 0 Å². The van der Waals surface area contributed by atoms with Crippen LogP contribution in [0.3, 0.4) is 0 Å². The Morgan fingerprint density at radius 1 is 1.40 bits per heavy atom. The van der Waals surface area contributed by atoms with Gasteiger partial charge in [0.1, 0.15) is 11.4 Å². The normalized spacial score (nSPS) is 16.6. The average Bonchev–Trinajstić information content (AvgIpc) is 3.00. The minimum atomic E-state index is 0.172. The summed E-state index contributed by atoms with van der Waals surface area (Å²) in [6, 6.07) is 2.51. The number of hydrogen-bond donors (Lipinski definition) is 0. The van der Waals surface area contributed by atoms with Crippen LogP contribution in [0.15, 0.2) is 22.8 Å². The molecule has 1 saturated carbocycles. The molecule has 4 rings (SSSR count). The number of hydrogen-bond acceptors (Lipinski definition) is 7. The van der Waals surface area contributed by atoms with Crippen LogP contribution in [0.25, 0.3) is 10.2 Å². The van der Waals surface area contributed by atoms with E-state index in [9.17, 15) is 0 Å². The third-order valence-electron chi connectivity index (χ3n) is 3.27. The van der Waals surface area contributed by atoms with Crippen molar-refractivity contribution in [3.8, 4) is 0 Å². The van der Waals surface area contributed by atoms with E-state index >= 15 is 0 Å². The van der Waals surface area contributed by atoms with Gasteiger partial charge in [0.05, 0.1) is 21.5 Å². The highest BCUT2D eigenvalue weighted by Crippen LogP contribution is 2.41. The maximum absolute atomic E-state index is 4.40. The van der Waals surface area contributed by atoms with Crippen molar-refractivity contribution in [3.63, 3.8) is 0 Å². The van der Waals surface area contributed by atoms with Crippen LogP contribution in [0.4, 0.5) is 0 Å². The van der Waals surface area contributed by atoms with Crippen LogP contribution in [0.2, 0.25) is 0 Å². The molecule has 1 atom stereocenters. The molecule has 20 heavy (non-hydrogen) atoms. The fraction of sp³-hybridized carbons (Fsp3) is 0.417. The van der Waals surface area contributed by atoms with Gasteiger partial charge in [-0.1, -0.05) is 11.8 Å². The van der Waals surface area contributed by atoms with E-state index in [1.165, 1.54) is 12.8 Å². The van der Waals surface area contributed by atoms with E-state index in [2.05, 4.69) is 32.4 Å². The Morgan fingerprint density at radius 2 is 2.30 bits per heavy atom. The van der Waals surface area contributed by atoms with E-state index in [1.807, 2.05) is 16.1 Å². The number of thiophene rings is 1. The smallest absolute Gasteiger partial charge is 0.164 e. The Kier molecular flexibility index (Phi) is 2.92. The molecule has 3 heterocycles. The van der Waals surface area contributed by atoms with E-state index in [4.69, 9.17) is 0 Å². The number of nitrogens with zero attached hydrogens (tertiary/aromatic N) is 6. The highest BCUT2D eigenvalue weighted by molar-refractivity contribution is 7.99. The Morgan fingerprint density at radius 3 is 3.15 bits per heavy atom. The molecule has 1 unspecified atom stereocenters. The molecular weight excluding hydrogens is 292 g/mol. The molecule has 1 aliphatic rings. The standard InChI is InChI=1S/C12H12N6S2/c1-7(11-15-16-17-18(11)8-2-3-8)20-12-10-9(4-5-19-10)13-6-14-12/h4-8H,2-3H2,1H3. The van der Waals surface area contributed by atoms with Crippen LogP contribution in [0.5, 0.6) is 0 Å². The summed E-state index contributed by atoms with van der Waals surface area (Å²) in [5.41, 5.74) is 1.00. The van der Waals surface area contributed by atoms with Crippen LogP contribution in [-0.4, -0.2) is 30.2 Å². The maximum atomic E-state index is 4.40. The van der Waals surface area contributed by atoms with E-state index in [-0.39, 0.29) is 5.25 Å². The third-order valence-corrected chi connectivity index (χ3v) is 5.41. The van der Waals surface area contributed by atoms with E-state index in [0.717, 1.165) is 21.1 Å². The zero-order valence-corrected chi connectivity index (χ0v) is 12.4. The molecule has 3 aromatic heterocycles. The Hall–Kier alpha value is -1.54. The molecule has 102 valence electrons. The van der Waals surface area contributed by atoms with Crippen LogP contribution in [0, 0.1) is 0 Å². The van der Waals surface area contributed by atoms with Crippen molar-refractivity contribution in [1.29, 1.82) is 0 Å². The lowest BCUT2D eigenvalue weighted by molar-refractivity contribution is 0.583. The number of rotatable bonds is 4. The highest BCUT2D eigenvalue weighted by atomic mass is 32.2. The molecule has 0 amide bonds. The summed E-state index contributed by atoms with van der Waals surface area (Å²) in [6.07, 6.45) is 3.98. The van der Waals surface area contributed by atoms with Crippen molar-refractivity contribution in [2.24, 2.45) is 0 Å². The summed E-state index contributed by atoms with van der Waals surface area (Å²) in [7, 11) is 0. The number of tetrazole rings is 1. The molecular formula is C12H12N6S2. The minimum absolute atomic E-state index is 0.172. The van der Waals surface area contributed by atoms with Gasteiger partial charge in [-0.15, -0.1) is 16.4 Å². The van der Waals surface area contributed by atoms with Gasteiger partial charge in [-0.05, 0) is 41.6 Å². The SMILES string of the molecule is CC(Sc1ncnc2ccsc12)c1nnnn1C1CC1. The molecule has 0 aliphatic heterocycles. The average molecular weight is 304 g/mol. The van der Waals surface area contributed by atoms with E-state index in [0.29, 0.717) is 6.04 Å². The summed E-state index contributed by atoms with van der Waals surface area (Å²) < 4.78 is 3.10. The van der Waals surface area contributed by atoms with Gasteiger partial charge in [-0.25, -0.2) is 14.6 Å². The first-order valence-corrected chi connectivity index (χ1v) is 8.21. The molecule has 1 fully saturated rings. The Bertz CT molecular complexity index is 747. The zero-order chi connectivity index (χ0) is 13.5. The van der Waals surface area contributed by atoms with Gasteiger partial charge in [-0.3, -0.25) is 0 Å². The first-order chi connectivity index (χ1) is 9.83. The van der Waals surface area contributed by atoms with Gasteiger partial charge in [0, 0.05) is 0 Å². The molecule has 0 bridgehead atoms. The molecule has 0 spiro atoms. The third kappa shape index (κ3) is 2.08. The predicted molar refractivity (Wildman–Crippen MR) is 77.8 cm³/mol. The second kappa shape index (κ2) is 4.78. The van der Waals surface area contributed by atoms with Crippen molar-refractivity contribution in [3.05, 3.63) is 23.6 Å². The van der Waals surface area contributed by atoms with E-state index < -0.39 is 0 Å².